The molecule has 0 bridgehead atoms. The third-order valence-electron chi connectivity index (χ3n) is 3.19. The second kappa shape index (κ2) is 3.78. The van der Waals surface area contributed by atoms with Crippen LogP contribution < -0.4 is 5.32 Å². The number of hydrogen-bond acceptors (Lipinski definition) is 2. The number of nitrogens with zero attached hydrogens (tertiary/aromatic N) is 1. The SMILES string of the molecule is O=C(O)N1[C@H](CNC(=O)C(F)(F)F)C[C@@H]2C[C@@H]21. The van der Waals surface area contributed by atoms with Gasteiger partial charge in [0.2, 0.25) is 0 Å². The van der Waals surface area contributed by atoms with Gasteiger partial charge in [0.25, 0.3) is 0 Å². The highest BCUT2D eigenvalue weighted by atomic mass is 19.4. The van der Waals surface area contributed by atoms with Gasteiger partial charge in [0.1, 0.15) is 0 Å². The van der Waals surface area contributed by atoms with E-state index in [0.717, 1.165) is 11.3 Å². The van der Waals surface area contributed by atoms with Crippen LogP contribution in [0, 0.1) is 5.92 Å². The Morgan fingerprint density at radius 1 is 1.35 bits per heavy atom. The van der Waals surface area contributed by atoms with E-state index in [1.165, 1.54) is 0 Å². The van der Waals surface area contributed by atoms with Crippen molar-refractivity contribution >= 4 is 12.0 Å². The summed E-state index contributed by atoms with van der Waals surface area (Å²) in [6, 6.07) is -0.608. The summed E-state index contributed by atoms with van der Waals surface area (Å²) in [7, 11) is 0. The molecular weight excluding hydrogens is 241 g/mol. The smallest absolute Gasteiger partial charge is 0.465 e. The lowest BCUT2D eigenvalue weighted by molar-refractivity contribution is -0.173. The van der Waals surface area contributed by atoms with Gasteiger partial charge in [-0.05, 0) is 18.8 Å². The normalized spacial score (nSPS) is 31.0. The summed E-state index contributed by atoms with van der Waals surface area (Å²) in [5, 5.41) is 10.6. The number of amides is 2. The predicted molar refractivity (Wildman–Crippen MR) is 49.2 cm³/mol. The lowest BCUT2D eigenvalue weighted by Crippen LogP contribution is -2.47. The van der Waals surface area contributed by atoms with E-state index in [9.17, 15) is 22.8 Å². The molecule has 2 N–H and O–H groups in total. The Morgan fingerprint density at radius 3 is 2.53 bits per heavy atom. The Hall–Kier alpha value is -1.47. The van der Waals surface area contributed by atoms with Crippen LogP contribution in [-0.4, -0.2) is 46.8 Å². The molecule has 1 heterocycles. The van der Waals surface area contributed by atoms with Crippen molar-refractivity contribution in [2.45, 2.75) is 31.1 Å². The first-order chi connectivity index (χ1) is 7.80. The minimum absolute atomic E-state index is 0.0692. The third-order valence-corrected chi connectivity index (χ3v) is 3.19. The molecule has 3 atom stereocenters. The summed E-state index contributed by atoms with van der Waals surface area (Å²) in [5.41, 5.74) is 0. The van der Waals surface area contributed by atoms with Gasteiger partial charge < -0.3 is 15.3 Å². The zero-order valence-electron chi connectivity index (χ0n) is 8.70. The van der Waals surface area contributed by atoms with Gasteiger partial charge in [-0.2, -0.15) is 13.2 Å². The summed E-state index contributed by atoms with van der Waals surface area (Å²) in [5.74, 6) is -1.78. The minimum Gasteiger partial charge on any atom is -0.465 e. The molecule has 0 unspecified atom stereocenters. The third kappa shape index (κ3) is 2.29. The summed E-state index contributed by atoms with van der Waals surface area (Å²) < 4.78 is 35.8. The van der Waals surface area contributed by atoms with Crippen LogP contribution in [0.5, 0.6) is 0 Å². The molecule has 0 spiro atoms. The van der Waals surface area contributed by atoms with Crippen molar-refractivity contribution in [1.82, 2.24) is 10.2 Å². The minimum atomic E-state index is -4.92. The van der Waals surface area contributed by atoms with Crippen LogP contribution in [0.25, 0.3) is 0 Å². The van der Waals surface area contributed by atoms with Crippen LogP contribution in [0.2, 0.25) is 0 Å². The predicted octanol–water partition coefficient (Wildman–Crippen LogP) is 0.806. The highest BCUT2D eigenvalue weighted by Crippen LogP contribution is 2.47. The van der Waals surface area contributed by atoms with Gasteiger partial charge in [-0.1, -0.05) is 0 Å². The van der Waals surface area contributed by atoms with Crippen molar-refractivity contribution in [1.29, 1.82) is 0 Å². The first kappa shape index (κ1) is 12.0. The van der Waals surface area contributed by atoms with Gasteiger partial charge in [-0.3, -0.25) is 4.79 Å². The summed E-state index contributed by atoms with van der Waals surface area (Å²) in [4.78, 5) is 22.6. The molecule has 0 radical (unpaired) electrons. The first-order valence-corrected chi connectivity index (χ1v) is 5.17. The summed E-state index contributed by atoms with van der Waals surface area (Å²) >= 11 is 0. The van der Waals surface area contributed by atoms with E-state index in [1.54, 1.807) is 5.32 Å². The number of piperidine rings is 1. The topological polar surface area (TPSA) is 69.6 Å². The molecular formula is C9H11F3N2O3. The molecule has 0 aromatic heterocycles. The molecule has 96 valence electrons. The largest absolute Gasteiger partial charge is 0.471 e. The van der Waals surface area contributed by atoms with Gasteiger partial charge >= 0.3 is 18.2 Å². The monoisotopic (exact) mass is 252 g/mol. The second-order valence-electron chi connectivity index (χ2n) is 4.35. The Labute approximate surface area is 94.6 Å². The fraction of sp³-hybridized carbons (Fsp3) is 0.778. The number of carbonyl (C=O) groups excluding carboxylic acids is 1. The number of halogens is 3. The molecule has 1 saturated heterocycles. The number of alkyl halides is 3. The standard InChI is InChI=1S/C9H11F3N2O3/c10-9(11,12)7(15)13-3-5-1-4-2-6(4)14(5)8(16)17/h4-6H,1-3H2,(H,13,15)(H,16,17)/t4-,5+,6+/m1/s1. The van der Waals surface area contributed by atoms with E-state index in [-0.39, 0.29) is 18.5 Å². The molecule has 17 heavy (non-hydrogen) atoms. The quantitative estimate of drug-likeness (QED) is 0.764. The molecule has 1 aliphatic heterocycles. The zero-order valence-corrected chi connectivity index (χ0v) is 8.70. The van der Waals surface area contributed by atoms with Crippen LogP contribution in [-0.2, 0) is 4.79 Å². The highest BCUT2D eigenvalue weighted by molar-refractivity contribution is 5.81. The molecule has 8 heteroatoms. The number of fused-ring (bicyclic) bond motifs is 1. The van der Waals surface area contributed by atoms with E-state index in [4.69, 9.17) is 5.11 Å². The lowest BCUT2D eigenvalue weighted by Gasteiger charge is -2.24. The molecule has 0 aromatic rings. The number of hydrogen-bond donors (Lipinski definition) is 2. The molecule has 0 aromatic carbocycles. The molecule has 2 amide bonds. The molecule has 5 nitrogen and oxygen atoms in total. The van der Waals surface area contributed by atoms with E-state index in [1.807, 2.05) is 0 Å². The molecule has 2 rings (SSSR count). The summed E-state index contributed by atoms with van der Waals surface area (Å²) in [6.07, 6.45) is -4.76. The molecule has 2 fully saturated rings. The van der Waals surface area contributed by atoms with Gasteiger partial charge in [-0.25, -0.2) is 4.79 Å². The highest BCUT2D eigenvalue weighted by Gasteiger charge is 2.54. The number of carboxylic acid groups (broad SMARTS) is 1. The first-order valence-electron chi connectivity index (χ1n) is 5.17. The molecule has 1 aliphatic carbocycles. The lowest BCUT2D eigenvalue weighted by atomic mass is 10.1. The van der Waals surface area contributed by atoms with Crippen molar-refractivity contribution in [3.8, 4) is 0 Å². The average Bonchev–Trinajstić information content (AvgIpc) is 2.84. The fourth-order valence-corrected chi connectivity index (χ4v) is 2.35. The van der Waals surface area contributed by atoms with Crippen LogP contribution in [0.4, 0.5) is 18.0 Å². The zero-order chi connectivity index (χ0) is 12.8. The van der Waals surface area contributed by atoms with E-state index < -0.39 is 24.2 Å². The van der Waals surface area contributed by atoms with E-state index in [2.05, 4.69) is 0 Å². The number of likely N-dealkylation sites (tertiary alicyclic amines) is 1. The van der Waals surface area contributed by atoms with Crippen LogP contribution in [0.1, 0.15) is 12.8 Å². The van der Waals surface area contributed by atoms with Crippen molar-refractivity contribution in [2.24, 2.45) is 5.92 Å². The van der Waals surface area contributed by atoms with Crippen molar-refractivity contribution in [3.05, 3.63) is 0 Å². The molecule has 1 saturated carbocycles. The number of carbonyl (C=O) groups is 2. The van der Waals surface area contributed by atoms with Gasteiger partial charge in [-0.15, -0.1) is 0 Å². The Bertz CT molecular complexity index is 358. The average molecular weight is 252 g/mol. The van der Waals surface area contributed by atoms with Crippen molar-refractivity contribution in [3.63, 3.8) is 0 Å². The Kier molecular flexibility index (Phi) is 2.67. The van der Waals surface area contributed by atoms with Crippen molar-refractivity contribution in [2.75, 3.05) is 6.54 Å². The van der Waals surface area contributed by atoms with Crippen LogP contribution in [0.15, 0.2) is 0 Å². The maximum Gasteiger partial charge on any atom is 0.471 e. The fourth-order valence-electron chi connectivity index (χ4n) is 2.35. The maximum atomic E-state index is 11.9. The van der Waals surface area contributed by atoms with Gasteiger partial charge in [0.05, 0.1) is 6.04 Å². The van der Waals surface area contributed by atoms with Gasteiger partial charge in [0.15, 0.2) is 0 Å². The maximum absolute atomic E-state index is 11.9. The second-order valence-corrected chi connectivity index (χ2v) is 4.35. The number of nitrogens with one attached hydrogen (secondary N) is 1. The van der Waals surface area contributed by atoms with Gasteiger partial charge in [0, 0.05) is 12.6 Å². The molecule has 2 aliphatic rings. The Morgan fingerprint density at radius 2 is 2.00 bits per heavy atom. The van der Waals surface area contributed by atoms with E-state index >= 15 is 0 Å². The van der Waals surface area contributed by atoms with Crippen molar-refractivity contribution < 1.29 is 27.9 Å². The number of rotatable bonds is 2. The van der Waals surface area contributed by atoms with Crippen LogP contribution >= 0.6 is 0 Å². The van der Waals surface area contributed by atoms with Crippen LogP contribution in [0.3, 0.4) is 0 Å². The van der Waals surface area contributed by atoms with E-state index in [0.29, 0.717) is 6.42 Å². The Balaban J connectivity index is 1.88. The summed E-state index contributed by atoms with van der Waals surface area (Å²) in [6.45, 7) is -0.280.